The summed E-state index contributed by atoms with van der Waals surface area (Å²) in [5.74, 6) is 2.36. The zero-order valence-electron chi connectivity index (χ0n) is 23.4. The van der Waals surface area contributed by atoms with Crippen LogP contribution < -0.4 is 9.47 Å². The molecule has 0 radical (unpaired) electrons. The highest BCUT2D eigenvalue weighted by molar-refractivity contribution is 6.06. The lowest BCUT2D eigenvalue weighted by atomic mass is 9.65. The van der Waals surface area contributed by atoms with Gasteiger partial charge in [-0.15, -0.1) is 0 Å². The highest BCUT2D eigenvalue weighted by atomic mass is 16.5. The maximum atomic E-state index is 13.6. The average Bonchev–Trinajstić information content (AvgIpc) is 2.80. The van der Waals surface area contributed by atoms with Crippen LogP contribution in [0.2, 0.25) is 0 Å². The number of rotatable bonds is 6. The summed E-state index contributed by atoms with van der Waals surface area (Å²) in [5, 5.41) is 0. The van der Waals surface area contributed by atoms with Crippen molar-refractivity contribution in [1.29, 1.82) is 0 Å². The highest BCUT2D eigenvalue weighted by Gasteiger charge is 2.47. The number of hydrogen-bond acceptors (Lipinski definition) is 5. The molecular formula is C33H38O5. The molecule has 0 amide bonds. The van der Waals surface area contributed by atoms with Crippen molar-refractivity contribution in [2.45, 2.75) is 79.8 Å². The number of ether oxygens (including phenoxy) is 3. The first-order chi connectivity index (χ1) is 18.0. The molecule has 2 aliphatic carbocycles. The Kier molecular flexibility index (Phi) is 6.75. The van der Waals surface area contributed by atoms with Crippen molar-refractivity contribution in [3.8, 4) is 11.5 Å². The van der Waals surface area contributed by atoms with Gasteiger partial charge in [-0.25, -0.2) is 0 Å². The third-order valence-corrected chi connectivity index (χ3v) is 7.66. The van der Waals surface area contributed by atoms with E-state index in [0.717, 1.165) is 22.6 Å². The van der Waals surface area contributed by atoms with E-state index in [-0.39, 0.29) is 22.4 Å². The molecule has 0 saturated carbocycles. The fraction of sp³-hybridized carbons (Fsp3) is 0.455. The van der Waals surface area contributed by atoms with Crippen molar-refractivity contribution in [2.75, 3.05) is 6.61 Å². The van der Waals surface area contributed by atoms with Gasteiger partial charge >= 0.3 is 0 Å². The lowest BCUT2D eigenvalue weighted by molar-refractivity contribution is -0.120. The van der Waals surface area contributed by atoms with E-state index in [1.54, 1.807) is 0 Å². The average molecular weight is 515 g/mol. The normalized spacial score (nSPS) is 20.6. The molecule has 1 aliphatic heterocycles. The van der Waals surface area contributed by atoms with Crippen LogP contribution in [0.25, 0.3) is 0 Å². The number of hydrogen-bond donors (Lipinski definition) is 0. The van der Waals surface area contributed by atoms with Gasteiger partial charge in [-0.2, -0.15) is 0 Å². The van der Waals surface area contributed by atoms with Gasteiger partial charge in [-0.1, -0.05) is 63.6 Å². The number of allylic oxidation sites excluding steroid dienone is 4. The predicted octanol–water partition coefficient (Wildman–Crippen LogP) is 7.37. The molecule has 2 aromatic carbocycles. The summed E-state index contributed by atoms with van der Waals surface area (Å²) < 4.78 is 18.6. The second-order valence-electron chi connectivity index (χ2n) is 12.5. The minimum absolute atomic E-state index is 0.0585. The first-order valence-corrected chi connectivity index (χ1v) is 13.6. The van der Waals surface area contributed by atoms with Crippen LogP contribution in [-0.4, -0.2) is 18.2 Å². The Morgan fingerprint density at radius 3 is 2.03 bits per heavy atom. The van der Waals surface area contributed by atoms with Crippen LogP contribution >= 0.6 is 0 Å². The Morgan fingerprint density at radius 2 is 1.45 bits per heavy atom. The zero-order chi connectivity index (χ0) is 27.2. The summed E-state index contributed by atoms with van der Waals surface area (Å²) in [7, 11) is 0. The molecular weight excluding hydrogens is 476 g/mol. The van der Waals surface area contributed by atoms with Crippen molar-refractivity contribution in [3.63, 3.8) is 0 Å². The van der Waals surface area contributed by atoms with Gasteiger partial charge < -0.3 is 14.2 Å². The van der Waals surface area contributed by atoms with E-state index in [2.05, 4.69) is 46.8 Å². The molecule has 0 aromatic heterocycles. The maximum Gasteiger partial charge on any atom is 0.163 e. The highest BCUT2D eigenvalue weighted by Crippen LogP contribution is 2.53. The fourth-order valence-electron chi connectivity index (χ4n) is 6.06. The van der Waals surface area contributed by atoms with Gasteiger partial charge in [0.25, 0.3) is 0 Å². The summed E-state index contributed by atoms with van der Waals surface area (Å²) in [6.45, 7) is 13.3. The van der Waals surface area contributed by atoms with E-state index in [9.17, 15) is 9.59 Å². The molecule has 0 spiro atoms. The molecule has 5 rings (SSSR count). The van der Waals surface area contributed by atoms with Gasteiger partial charge in [0.1, 0.15) is 18.1 Å². The Morgan fingerprint density at radius 1 is 0.816 bits per heavy atom. The van der Waals surface area contributed by atoms with Gasteiger partial charge in [0, 0.05) is 42.7 Å². The number of ketones is 2. The number of carbonyl (C=O) groups is 2. The Balaban J connectivity index is 1.57. The van der Waals surface area contributed by atoms with E-state index in [1.165, 1.54) is 5.56 Å². The van der Waals surface area contributed by atoms with E-state index >= 15 is 0 Å². The third-order valence-electron chi connectivity index (χ3n) is 7.66. The molecule has 2 aromatic rings. The standard InChI is InChI=1S/C33H38O5/c1-7-36-26-14-22(11-12-25(26)37-19-21-10-8-9-20(2)13-21)29-30-23(34)15-32(3,4)17-27(30)38-28-18-33(5,6)16-24(35)31(28)29/h8-14,29H,7,15-19H2,1-6H3. The predicted molar refractivity (Wildman–Crippen MR) is 147 cm³/mol. The minimum atomic E-state index is -0.453. The minimum Gasteiger partial charge on any atom is -0.490 e. The second-order valence-corrected chi connectivity index (χ2v) is 12.5. The largest absolute Gasteiger partial charge is 0.490 e. The summed E-state index contributed by atoms with van der Waals surface area (Å²) in [6, 6.07) is 14.0. The van der Waals surface area contributed by atoms with Crippen LogP contribution in [-0.2, 0) is 20.9 Å². The smallest absolute Gasteiger partial charge is 0.163 e. The Hall–Kier alpha value is -3.34. The Labute approximate surface area is 225 Å². The molecule has 200 valence electrons. The molecule has 3 aliphatic rings. The maximum absolute atomic E-state index is 13.6. The third kappa shape index (κ3) is 5.16. The zero-order valence-corrected chi connectivity index (χ0v) is 23.4. The lowest BCUT2D eigenvalue weighted by Crippen LogP contribution is -2.37. The molecule has 5 heteroatoms. The number of Topliss-reactive ketones (excluding diaryl/α,β-unsaturated/α-hetero) is 2. The topological polar surface area (TPSA) is 61.8 Å². The van der Waals surface area contributed by atoms with E-state index < -0.39 is 5.92 Å². The summed E-state index contributed by atoms with van der Waals surface area (Å²) >= 11 is 0. The van der Waals surface area contributed by atoms with Crippen molar-refractivity contribution in [2.24, 2.45) is 10.8 Å². The summed E-state index contributed by atoms with van der Waals surface area (Å²) in [5.41, 5.74) is 4.02. The van der Waals surface area contributed by atoms with Gasteiger partial charge in [0.15, 0.2) is 23.1 Å². The van der Waals surface area contributed by atoms with E-state index in [4.69, 9.17) is 14.2 Å². The summed E-state index contributed by atoms with van der Waals surface area (Å²) in [4.78, 5) is 27.1. The molecule has 0 atom stereocenters. The molecule has 1 heterocycles. The monoisotopic (exact) mass is 514 g/mol. The quantitative estimate of drug-likeness (QED) is 0.403. The van der Waals surface area contributed by atoms with Crippen LogP contribution in [0.4, 0.5) is 0 Å². The molecule has 5 nitrogen and oxygen atoms in total. The first-order valence-electron chi connectivity index (χ1n) is 13.6. The van der Waals surface area contributed by atoms with Gasteiger partial charge in [0.2, 0.25) is 0 Å². The van der Waals surface area contributed by atoms with Gasteiger partial charge in [0.05, 0.1) is 6.61 Å². The molecule has 0 fully saturated rings. The second kappa shape index (κ2) is 9.76. The van der Waals surface area contributed by atoms with Crippen LogP contribution in [0.15, 0.2) is 65.1 Å². The van der Waals surface area contributed by atoms with Crippen LogP contribution in [0.5, 0.6) is 11.5 Å². The first kappa shape index (κ1) is 26.3. The number of carbonyl (C=O) groups excluding carboxylic acids is 2. The molecule has 0 bridgehead atoms. The molecule has 0 saturated heterocycles. The van der Waals surface area contributed by atoms with Crippen LogP contribution in [0.3, 0.4) is 0 Å². The molecule has 0 unspecified atom stereocenters. The number of benzene rings is 2. The summed E-state index contributed by atoms with van der Waals surface area (Å²) in [6.07, 6.45) is 2.21. The Bertz CT molecular complexity index is 1310. The van der Waals surface area contributed by atoms with Crippen molar-refractivity contribution in [1.82, 2.24) is 0 Å². The van der Waals surface area contributed by atoms with Crippen molar-refractivity contribution in [3.05, 3.63) is 81.8 Å². The van der Waals surface area contributed by atoms with E-state index in [0.29, 0.717) is 61.5 Å². The van der Waals surface area contributed by atoms with Crippen molar-refractivity contribution < 1.29 is 23.8 Å². The SMILES string of the molecule is CCOc1cc(C2C3=C(CC(C)(C)CC3=O)OC3=C2C(=O)CC(C)(C)C3)ccc1OCc1cccc(C)c1. The van der Waals surface area contributed by atoms with Crippen LogP contribution in [0.1, 0.15) is 82.9 Å². The van der Waals surface area contributed by atoms with E-state index in [1.807, 2.05) is 37.3 Å². The van der Waals surface area contributed by atoms with Gasteiger partial charge in [-0.05, 0) is 47.9 Å². The van der Waals surface area contributed by atoms with Gasteiger partial charge in [-0.3, -0.25) is 9.59 Å². The van der Waals surface area contributed by atoms with Crippen molar-refractivity contribution >= 4 is 11.6 Å². The van der Waals surface area contributed by atoms with Crippen LogP contribution in [0, 0.1) is 17.8 Å². The fourth-order valence-corrected chi connectivity index (χ4v) is 6.06. The molecule has 38 heavy (non-hydrogen) atoms. The lowest BCUT2D eigenvalue weighted by Gasteiger charge is -2.42. The number of aryl methyl sites for hydroxylation is 1. The molecule has 0 N–H and O–H groups in total.